The molecule has 0 saturated carbocycles. The van der Waals surface area contributed by atoms with Crippen molar-refractivity contribution in [2.24, 2.45) is 0 Å². The van der Waals surface area contributed by atoms with Crippen LogP contribution < -0.4 is 0 Å². The molecule has 0 amide bonds. The highest BCUT2D eigenvalue weighted by Crippen LogP contribution is 2.25. The van der Waals surface area contributed by atoms with Gasteiger partial charge in [0.05, 0.1) is 25.4 Å². The third kappa shape index (κ3) is 4.65. The molecular formula is C20H24O4. The second-order valence-electron chi connectivity index (χ2n) is 6.17. The van der Waals surface area contributed by atoms with Gasteiger partial charge in [0.25, 0.3) is 0 Å². The molecule has 2 aromatic rings. The van der Waals surface area contributed by atoms with Gasteiger partial charge < -0.3 is 19.3 Å². The summed E-state index contributed by atoms with van der Waals surface area (Å²) in [5.74, 6) is 0. The third-order valence-corrected chi connectivity index (χ3v) is 4.18. The maximum absolute atomic E-state index is 10.3. The molecule has 0 unspecified atom stereocenters. The van der Waals surface area contributed by atoms with Crippen molar-refractivity contribution in [2.75, 3.05) is 0 Å². The molecule has 4 nitrogen and oxygen atoms in total. The molecule has 4 heteroatoms. The number of aliphatic hydroxyl groups is 1. The standard InChI is InChI=1S/C20H24O4/c1-15-12-18(22-13-16-8-4-2-5-9-16)19(20(21)24-15)23-14-17-10-6-3-7-11-17/h2-11,15,18-21H,12-14H2,1H3/t15-,18+,19+,20+/m1/s1. The minimum atomic E-state index is -0.974. The molecular weight excluding hydrogens is 304 g/mol. The van der Waals surface area contributed by atoms with Crippen molar-refractivity contribution in [2.45, 2.75) is 51.2 Å². The average molecular weight is 328 g/mol. The topological polar surface area (TPSA) is 47.9 Å². The van der Waals surface area contributed by atoms with Crippen LogP contribution in [0.5, 0.6) is 0 Å². The maximum Gasteiger partial charge on any atom is 0.184 e. The fourth-order valence-electron chi connectivity index (χ4n) is 2.91. The monoisotopic (exact) mass is 328 g/mol. The van der Waals surface area contributed by atoms with Crippen LogP contribution in [0.15, 0.2) is 60.7 Å². The maximum atomic E-state index is 10.3. The number of hydrogen-bond donors (Lipinski definition) is 1. The van der Waals surface area contributed by atoms with E-state index in [1.165, 1.54) is 0 Å². The van der Waals surface area contributed by atoms with E-state index in [0.717, 1.165) is 11.1 Å². The SMILES string of the molecule is C[C@@H]1C[C@H](OCc2ccccc2)[C@H](OCc2ccccc2)[C@@H](O)O1. The largest absolute Gasteiger partial charge is 0.371 e. The smallest absolute Gasteiger partial charge is 0.184 e. The van der Waals surface area contributed by atoms with Crippen LogP contribution in [0.25, 0.3) is 0 Å². The first-order chi connectivity index (χ1) is 11.7. The first kappa shape index (κ1) is 17.1. The Morgan fingerprint density at radius 1 is 0.917 bits per heavy atom. The zero-order chi connectivity index (χ0) is 16.8. The predicted octanol–water partition coefficient (Wildman–Crippen LogP) is 3.28. The molecule has 0 radical (unpaired) electrons. The Labute approximate surface area is 143 Å². The van der Waals surface area contributed by atoms with Crippen molar-refractivity contribution in [1.82, 2.24) is 0 Å². The fourth-order valence-corrected chi connectivity index (χ4v) is 2.91. The summed E-state index contributed by atoms with van der Waals surface area (Å²) in [6, 6.07) is 19.9. The van der Waals surface area contributed by atoms with Gasteiger partial charge in [-0.1, -0.05) is 60.7 Å². The molecule has 0 aliphatic carbocycles. The second-order valence-corrected chi connectivity index (χ2v) is 6.17. The lowest BCUT2D eigenvalue weighted by Crippen LogP contribution is -2.49. The summed E-state index contributed by atoms with van der Waals surface area (Å²) in [5, 5.41) is 10.3. The van der Waals surface area contributed by atoms with Crippen LogP contribution in [0, 0.1) is 0 Å². The minimum Gasteiger partial charge on any atom is -0.371 e. The van der Waals surface area contributed by atoms with Gasteiger partial charge in [0.15, 0.2) is 6.29 Å². The Bertz CT molecular complexity index is 602. The molecule has 24 heavy (non-hydrogen) atoms. The lowest BCUT2D eigenvalue weighted by atomic mass is 10.0. The third-order valence-electron chi connectivity index (χ3n) is 4.18. The molecule has 1 aliphatic heterocycles. The van der Waals surface area contributed by atoms with E-state index in [4.69, 9.17) is 14.2 Å². The molecule has 1 fully saturated rings. The summed E-state index contributed by atoms with van der Waals surface area (Å²) in [6.45, 7) is 2.86. The van der Waals surface area contributed by atoms with Crippen LogP contribution in [0.3, 0.4) is 0 Å². The van der Waals surface area contributed by atoms with Gasteiger partial charge in [0, 0.05) is 6.42 Å². The van der Waals surface area contributed by atoms with Crippen LogP contribution >= 0.6 is 0 Å². The van der Waals surface area contributed by atoms with Gasteiger partial charge in [-0.2, -0.15) is 0 Å². The van der Waals surface area contributed by atoms with Crippen LogP contribution in [-0.2, 0) is 27.4 Å². The zero-order valence-corrected chi connectivity index (χ0v) is 13.9. The summed E-state index contributed by atoms with van der Waals surface area (Å²) in [6.07, 6.45) is -1.03. The molecule has 1 aliphatic rings. The Kier molecular flexibility index (Phi) is 5.99. The number of ether oxygens (including phenoxy) is 3. The molecule has 0 aromatic heterocycles. The molecule has 3 rings (SSSR count). The van der Waals surface area contributed by atoms with Crippen LogP contribution in [0.4, 0.5) is 0 Å². The lowest BCUT2D eigenvalue weighted by Gasteiger charge is -2.38. The molecule has 128 valence electrons. The molecule has 2 aromatic carbocycles. The first-order valence-electron chi connectivity index (χ1n) is 8.37. The highest BCUT2D eigenvalue weighted by Gasteiger charge is 2.38. The van der Waals surface area contributed by atoms with Crippen molar-refractivity contribution < 1.29 is 19.3 Å². The van der Waals surface area contributed by atoms with Gasteiger partial charge in [-0.3, -0.25) is 0 Å². The molecule has 1 N–H and O–H groups in total. The van der Waals surface area contributed by atoms with Crippen LogP contribution in [0.1, 0.15) is 24.5 Å². The number of benzene rings is 2. The van der Waals surface area contributed by atoms with Gasteiger partial charge in [0.2, 0.25) is 0 Å². The molecule has 1 saturated heterocycles. The number of aliphatic hydroxyl groups excluding tert-OH is 1. The average Bonchev–Trinajstić information content (AvgIpc) is 2.61. The predicted molar refractivity (Wildman–Crippen MR) is 91.2 cm³/mol. The van der Waals surface area contributed by atoms with Crippen molar-refractivity contribution in [1.29, 1.82) is 0 Å². The Balaban J connectivity index is 1.61. The van der Waals surface area contributed by atoms with E-state index in [-0.39, 0.29) is 12.2 Å². The Morgan fingerprint density at radius 2 is 1.46 bits per heavy atom. The number of rotatable bonds is 6. The Hall–Kier alpha value is -1.72. The van der Waals surface area contributed by atoms with Gasteiger partial charge in [0.1, 0.15) is 6.10 Å². The van der Waals surface area contributed by atoms with Gasteiger partial charge in [-0.05, 0) is 18.1 Å². The molecule has 0 spiro atoms. The van der Waals surface area contributed by atoms with Crippen LogP contribution in [0.2, 0.25) is 0 Å². The van der Waals surface area contributed by atoms with E-state index >= 15 is 0 Å². The van der Waals surface area contributed by atoms with E-state index < -0.39 is 12.4 Å². The van der Waals surface area contributed by atoms with Gasteiger partial charge >= 0.3 is 0 Å². The van der Waals surface area contributed by atoms with E-state index in [1.807, 2.05) is 67.6 Å². The van der Waals surface area contributed by atoms with Crippen molar-refractivity contribution in [3.8, 4) is 0 Å². The fraction of sp³-hybridized carbons (Fsp3) is 0.400. The van der Waals surface area contributed by atoms with E-state index in [0.29, 0.717) is 19.6 Å². The number of hydrogen-bond acceptors (Lipinski definition) is 4. The first-order valence-corrected chi connectivity index (χ1v) is 8.37. The normalized spacial score (nSPS) is 27.1. The molecule has 0 bridgehead atoms. The summed E-state index contributed by atoms with van der Waals surface area (Å²) < 4.78 is 17.5. The highest BCUT2D eigenvalue weighted by atomic mass is 16.7. The zero-order valence-electron chi connectivity index (χ0n) is 13.9. The molecule has 4 atom stereocenters. The summed E-state index contributed by atoms with van der Waals surface area (Å²) >= 11 is 0. The molecule has 1 heterocycles. The van der Waals surface area contributed by atoms with E-state index in [9.17, 15) is 5.11 Å². The summed E-state index contributed by atoms with van der Waals surface area (Å²) in [5.41, 5.74) is 2.16. The van der Waals surface area contributed by atoms with E-state index in [2.05, 4.69) is 0 Å². The van der Waals surface area contributed by atoms with Crippen molar-refractivity contribution in [3.05, 3.63) is 71.8 Å². The van der Waals surface area contributed by atoms with Crippen molar-refractivity contribution in [3.63, 3.8) is 0 Å². The summed E-state index contributed by atoms with van der Waals surface area (Å²) in [4.78, 5) is 0. The van der Waals surface area contributed by atoms with Gasteiger partial charge in [-0.25, -0.2) is 0 Å². The quantitative estimate of drug-likeness (QED) is 0.884. The van der Waals surface area contributed by atoms with Gasteiger partial charge in [-0.15, -0.1) is 0 Å². The second kappa shape index (κ2) is 8.40. The highest BCUT2D eigenvalue weighted by molar-refractivity contribution is 5.14. The summed E-state index contributed by atoms with van der Waals surface area (Å²) in [7, 11) is 0. The van der Waals surface area contributed by atoms with E-state index in [1.54, 1.807) is 0 Å². The van der Waals surface area contributed by atoms with Crippen LogP contribution in [-0.4, -0.2) is 29.7 Å². The Morgan fingerprint density at radius 3 is 2.04 bits per heavy atom. The lowest BCUT2D eigenvalue weighted by molar-refractivity contribution is -0.268. The minimum absolute atomic E-state index is 0.0580. The van der Waals surface area contributed by atoms with Crippen molar-refractivity contribution >= 4 is 0 Å².